The predicted molar refractivity (Wildman–Crippen MR) is 49.3 cm³/mol. The molecule has 0 aliphatic carbocycles. The smallest absolute Gasteiger partial charge is 0.302 e. The third kappa shape index (κ3) is 2.87. The molecule has 0 unspecified atom stereocenters. The fraction of sp³-hybridized carbons (Fsp3) is 0.300. The van der Waals surface area contributed by atoms with Crippen molar-refractivity contribution < 1.29 is 9.53 Å². The minimum absolute atomic E-state index is 0.287. The molecule has 72 valence electrons. The molecule has 4 nitrogen and oxygen atoms in total. The van der Waals surface area contributed by atoms with Crippen LogP contribution in [0.1, 0.15) is 18.1 Å². The van der Waals surface area contributed by atoms with Crippen molar-refractivity contribution in [1.82, 2.24) is 4.98 Å². The van der Waals surface area contributed by atoms with Gasteiger partial charge < -0.3 is 4.74 Å². The highest BCUT2D eigenvalue weighted by Gasteiger charge is 2.01. The highest BCUT2D eigenvalue weighted by atomic mass is 16.5. The van der Waals surface area contributed by atoms with E-state index in [1.807, 2.05) is 0 Å². The summed E-state index contributed by atoms with van der Waals surface area (Å²) < 4.78 is 4.77. The zero-order chi connectivity index (χ0) is 10.4. The molecule has 0 radical (unpaired) electrons. The lowest BCUT2D eigenvalue weighted by Crippen LogP contribution is -2.04. The average molecular weight is 190 g/mol. The van der Waals surface area contributed by atoms with Gasteiger partial charge in [-0.2, -0.15) is 5.26 Å². The Hall–Kier alpha value is -1.89. The molecule has 0 saturated carbocycles. The number of nitrogens with zero attached hydrogens (tertiary/aromatic N) is 2. The summed E-state index contributed by atoms with van der Waals surface area (Å²) in [6.07, 6.45) is 3.70. The van der Waals surface area contributed by atoms with Gasteiger partial charge in [-0.1, -0.05) is 0 Å². The Balaban J connectivity index is 2.59. The lowest BCUT2D eigenvalue weighted by atomic mass is 10.1. The van der Waals surface area contributed by atoms with Crippen molar-refractivity contribution in [3.05, 3.63) is 29.6 Å². The van der Waals surface area contributed by atoms with Gasteiger partial charge in [0, 0.05) is 25.7 Å². The Morgan fingerprint density at radius 1 is 1.71 bits per heavy atom. The summed E-state index contributed by atoms with van der Waals surface area (Å²) in [6.45, 7) is 1.64. The number of rotatable bonds is 3. The van der Waals surface area contributed by atoms with E-state index in [1.54, 1.807) is 18.5 Å². The molecule has 0 amide bonds. The molecule has 14 heavy (non-hydrogen) atoms. The van der Waals surface area contributed by atoms with E-state index in [2.05, 4.69) is 11.1 Å². The first-order chi connectivity index (χ1) is 6.74. The molecule has 0 saturated heterocycles. The summed E-state index contributed by atoms with van der Waals surface area (Å²) in [5.74, 6) is -0.313. The van der Waals surface area contributed by atoms with E-state index in [9.17, 15) is 4.79 Å². The average Bonchev–Trinajstić information content (AvgIpc) is 2.18. The van der Waals surface area contributed by atoms with Gasteiger partial charge in [0.25, 0.3) is 0 Å². The van der Waals surface area contributed by atoms with Gasteiger partial charge in [0.15, 0.2) is 0 Å². The molecule has 0 aliphatic rings. The normalized spacial score (nSPS) is 9.14. The van der Waals surface area contributed by atoms with Gasteiger partial charge in [-0.3, -0.25) is 9.78 Å². The van der Waals surface area contributed by atoms with Crippen molar-refractivity contribution >= 4 is 5.97 Å². The third-order valence-corrected chi connectivity index (χ3v) is 1.70. The topological polar surface area (TPSA) is 63.0 Å². The van der Waals surface area contributed by atoms with Crippen molar-refractivity contribution in [2.75, 3.05) is 6.61 Å². The second-order valence-electron chi connectivity index (χ2n) is 2.73. The summed E-state index contributed by atoms with van der Waals surface area (Å²) in [6, 6.07) is 3.70. The number of carbonyl (C=O) groups excluding carboxylic acids is 1. The quantitative estimate of drug-likeness (QED) is 0.668. The van der Waals surface area contributed by atoms with Gasteiger partial charge in [0.2, 0.25) is 0 Å². The molecule has 1 aromatic heterocycles. The van der Waals surface area contributed by atoms with Gasteiger partial charge in [-0.25, -0.2) is 0 Å². The van der Waals surface area contributed by atoms with Crippen LogP contribution in [-0.4, -0.2) is 17.6 Å². The van der Waals surface area contributed by atoms with Gasteiger partial charge in [-0.05, 0) is 11.6 Å². The summed E-state index contributed by atoms with van der Waals surface area (Å²) in [5.41, 5.74) is 1.38. The first-order valence-electron chi connectivity index (χ1n) is 4.20. The van der Waals surface area contributed by atoms with Crippen molar-refractivity contribution in [3.63, 3.8) is 0 Å². The van der Waals surface area contributed by atoms with Crippen molar-refractivity contribution in [1.29, 1.82) is 5.26 Å². The highest BCUT2D eigenvalue weighted by molar-refractivity contribution is 5.65. The second-order valence-corrected chi connectivity index (χ2v) is 2.73. The molecular formula is C10H10N2O2. The van der Waals surface area contributed by atoms with Crippen LogP contribution >= 0.6 is 0 Å². The van der Waals surface area contributed by atoms with Gasteiger partial charge in [0.1, 0.15) is 0 Å². The van der Waals surface area contributed by atoms with Crippen LogP contribution in [0.3, 0.4) is 0 Å². The maximum Gasteiger partial charge on any atom is 0.302 e. The lowest BCUT2D eigenvalue weighted by Gasteiger charge is -2.02. The molecule has 1 rings (SSSR count). The Bertz CT molecular complexity index is 369. The van der Waals surface area contributed by atoms with Crippen LogP contribution in [-0.2, 0) is 16.0 Å². The van der Waals surface area contributed by atoms with E-state index in [0.29, 0.717) is 12.0 Å². The third-order valence-electron chi connectivity index (χ3n) is 1.70. The molecule has 0 N–H and O–H groups in total. The summed E-state index contributed by atoms with van der Waals surface area (Å²) >= 11 is 0. The summed E-state index contributed by atoms with van der Waals surface area (Å²) in [7, 11) is 0. The number of nitriles is 1. The van der Waals surface area contributed by atoms with E-state index < -0.39 is 0 Å². The largest absolute Gasteiger partial charge is 0.466 e. The predicted octanol–water partition coefficient (Wildman–Crippen LogP) is 1.06. The molecule has 0 fully saturated rings. The number of carbonyl (C=O) groups is 1. The monoisotopic (exact) mass is 190 g/mol. The summed E-state index contributed by atoms with van der Waals surface area (Å²) in [5, 5.41) is 8.74. The first kappa shape index (κ1) is 10.2. The van der Waals surface area contributed by atoms with E-state index in [-0.39, 0.29) is 12.6 Å². The Kier molecular flexibility index (Phi) is 3.62. The SMILES string of the molecule is CC(=O)OCCc1cnccc1C#N. The van der Waals surface area contributed by atoms with E-state index in [0.717, 1.165) is 5.56 Å². The fourth-order valence-corrected chi connectivity index (χ4v) is 1.04. The number of pyridine rings is 1. The zero-order valence-corrected chi connectivity index (χ0v) is 7.86. The van der Waals surface area contributed by atoms with Crippen molar-refractivity contribution in [2.45, 2.75) is 13.3 Å². The minimum atomic E-state index is -0.313. The van der Waals surface area contributed by atoms with Crippen LogP contribution in [0.5, 0.6) is 0 Å². The zero-order valence-electron chi connectivity index (χ0n) is 7.86. The van der Waals surface area contributed by atoms with Crippen molar-refractivity contribution in [2.24, 2.45) is 0 Å². The van der Waals surface area contributed by atoms with Crippen molar-refractivity contribution in [3.8, 4) is 6.07 Å². The molecule has 4 heteroatoms. The van der Waals surface area contributed by atoms with Crippen LogP contribution in [0.2, 0.25) is 0 Å². The number of aromatic nitrogens is 1. The number of esters is 1. The number of hydrogen-bond donors (Lipinski definition) is 0. The molecular weight excluding hydrogens is 180 g/mol. The lowest BCUT2D eigenvalue weighted by molar-refractivity contribution is -0.140. The molecule has 1 aromatic rings. The van der Waals surface area contributed by atoms with Crippen LogP contribution < -0.4 is 0 Å². The van der Waals surface area contributed by atoms with Crippen LogP contribution in [0, 0.1) is 11.3 Å². The highest BCUT2D eigenvalue weighted by Crippen LogP contribution is 2.05. The van der Waals surface area contributed by atoms with E-state index in [1.165, 1.54) is 6.92 Å². The van der Waals surface area contributed by atoms with Crippen LogP contribution in [0.25, 0.3) is 0 Å². The summed E-state index contributed by atoms with van der Waals surface area (Å²) in [4.78, 5) is 14.4. The van der Waals surface area contributed by atoms with Gasteiger partial charge >= 0.3 is 5.97 Å². The van der Waals surface area contributed by atoms with Gasteiger partial charge in [-0.15, -0.1) is 0 Å². The second kappa shape index (κ2) is 4.97. The molecule has 0 atom stereocenters. The molecule has 0 aliphatic heterocycles. The molecule has 0 aromatic carbocycles. The number of hydrogen-bond acceptors (Lipinski definition) is 4. The number of ether oxygens (including phenoxy) is 1. The standard InChI is InChI=1S/C10H10N2O2/c1-8(13)14-5-3-10-7-12-4-2-9(10)6-11/h2,4,7H,3,5H2,1H3. The van der Waals surface area contributed by atoms with Crippen LogP contribution in [0.15, 0.2) is 18.5 Å². The molecule has 0 spiro atoms. The first-order valence-corrected chi connectivity index (χ1v) is 4.20. The van der Waals surface area contributed by atoms with E-state index in [4.69, 9.17) is 10.00 Å². The maximum atomic E-state index is 10.5. The molecule has 1 heterocycles. The van der Waals surface area contributed by atoms with Gasteiger partial charge in [0.05, 0.1) is 18.2 Å². The fourth-order valence-electron chi connectivity index (χ4n) is 1.04. The van der Waals surface area contributed by atoms with Crippen LogP contribution in [0.4, 0.5) is 0 Å². The Labute approximate surface area is 82.1 Å². The van der Waals surface area contributed by atoms with E-state index >= 15 is 0 Å². The Morgan fingerprint density at radius 2 is 2.50 bits per heavy atom. The molecule has 0 bridgehead atoms. The minimum Gasteiger partial charge on any atom is -0.466 e. The maximum absolute atomic E-state index is 10.5. The Morgan fingerprint density at radius 3 is 3.14 bits per heavy atom.